The summed E-state index contributed by atoms with van der Waals surface area (Å²) in [7, 11) is 0. The molecule has 0 aliphatic heterocycles. The number of ketones is 2. The Kier molecular flexibility index (Phi) is 3.13. The van der Waals surface area contributed by atoms with Crippen LogP contribution in [0.2, 0.25) is 0 Å². The number of hydrogen-bond donors (Lipinski definition) is 0. The molecule has 0 saturated heterocycles. The molecule has 4 aliphatic carbocycles. The molecule has 0 bridgehead atoms. The van der Waals surface area contributed by atoms with Gasteiger partial charge in [-0.2, -0.15) is 0 Å². The van der Waals surface area contributed by atoms with E-state index in [1.807, 2.05) is 6.08 Å². The van der Waals surface area contributed by atoms with Crippen LogP contribution in [0.15, 0.2) is 17.2 Å². The third kappa shape index (κ3) is 1.86. The normalized spacial score (nSPS) is 45.7. The SMILES string of the molecule is C[C@]12CCC(=O)C=C1CC[C@@H]1[C@@H]2C(=C=O)C[C@]2(C)C(=O)CC[C@@H]12. The van der Waals surface area contributed by atoms with Crippen LogP contribution in [0.25, 0.3) is 0 Å². The zero-order valence-electron chi connectivity index (χ0n) is 14.0. The van der Waals surface area contributed by atoms with E-state index in [9.17, 15) is 14.4 Å². The molecule has 122 valence electrons. The van der Waals surface area contributed by atoms with Crippen LogP contribution in [0.5, 0.6) is 0 Å². The highest BCUT2D eigenvalue weighted by Crippen LogP contribution is 2.65. The number of rotatable bonds is 0. The Balaban J connectivity index is 1.82. The van der Waals surface area contributed by atoms with Crippen LogP contribution in [0.4, 0.5) is 0 Å². The van der Waals surface area contributed by atoms with Crippen molar-refractivity contribution in [3.63, 3.8) is 0 Å². The first-order chi connectivity index (χ1) is 10.9. The van der Waals surface area contributed by atoms with Gasteiger partial charge in [-0.05, 0) is 55.4 Å². The molecule has 0 aromatic heterocycles. The second kappa shape index (κ2) is 4.77. The first-order valence-corrected chi connectivity index (χ1v) is 8.91. The number of hydrogen-bond acceptors (Lipinski definition) is 3. The van der Waals surface area contributed by atoms with E-state index in [1.54, 1.807) is 0 Å². The summed E-state index contributed by atoms with van der Waals surface area (Å²) >= 11 is 0. The minimum absolute atomic E-state index is 0.0868. The summed E-state index contributed by atoms with van der Waals surface area (Å²) in [6, 6.07) is 0. The molecule has 0 amide bonds. The van der Waals surface area contributed by atoms with E-state index in [0.29, 0.717) is 36.9 Å². The second-order valence-electron chi connectivity index (χ2n) is 8.52. The first kappa shape index (κ1) is 15.1. The number of allylic oxidation sites excluding steroid dienone is 2. The van der Waals surface area contributed by atoms with E-state index in [2.05, 4.69) is 19.8 Å². The second-order valence-corrected chi connectivity index (χ2v) is 8.52. The van der Waals surface area contributed by atoms with Crippen LogP contribution in [0.3, 0.4) is 0 Å². The van der Waals surface area contributed by atoms with Crippen molar-refractivity contribution in [2.45, 2.75) is 58.8 Å². The fraction of sp³-hybridized carbons (Fsp3) is 0.700. The quantitative estimate of drug-likeness (QED) is 0.644. The lowest BCUT2D eigenvalue weighted by Crippen LogP contribution is -2.51. The molecule has 3 fully saturated rings. The lowest BCUT2D eigenvalue weighted by Gasteiger charge is -2.56. The van der Waals surface area contributed by atoms with Gasteiger partial charge in [0.25, 0.3) is 0 Å². The van der Waals surface area contributed by atoms with Crippen molar-refractivity contribution in [2.75, 3.05) is 0 Å². The van der Waals surface area contributed by atoms with Crippen molar-refractivity contribution in [3.05, 3.63) is 17.2 Å². The molecule has 4 rings (SSSR count). The maximum Gasteiger partial charge on any atom is 0.155 e. The Morgan fingerprint density at radius 1 is 1.09 bits per heavy atom. The van der Waals surface area contributed by atoms with E-state index in [-0.39, 0.29) is 22.5 Å². The van der Waals surface area contributed by atoms with Crippen LogP contribution in [0.1, 0.15) is 58.8 Å². The first-order valence-electron chi connectivity index (χ1n) is 8.91. The molecular weight excluding hydrogens is 288 g/mol. The van der Waals surface area contributed by atoms with Gasteiger partial charge in [0.2, 0.25) is 0 Å². The Hall–Kier alpha value is -1.47. The third-order valence-electron chi connectivity index (χ3n) is 7.54. The summed E-state index contributed by atoms with van der Waals surface area (Å²) in [4.78, 5) is 36.1. The van der Waals surface area contributed by atoms with Crippen molar-refractivity contribution >= 4 is 17.5 Å². The highest BCUT2D eigenvalue weighted by Gasteiger charge is 2.61. The molecule has 4 aliphatic rings. The van der Waals surface area contributed by atoms with Gasteiger partial charge in [0, 0.05) is 29.7 Å². The van der Waals surface area contributed by atoms with Gasteiger partial charge < -0.3 is 0 Å². The third-order valence-corrected chi connectivity index (χ3v) is 7.54. The Labute approximate surface area is 137 Å². The van der Waals surface area contributed by atoms with Gasteiger partial charge in [0.15, 0.2) is 5.78 Å². The predicted molar refractivity (Wildman–Crippen MR) is 86.3 cm³/mol. The minimum atomic E-state index is -0.351. The van der Waals surface area contributed by atoms with E-state index < -0.39 is 0 Å². The number of Topliss-reactive ketones (excluding diaryl/α,β-unsaturated/α-hetero) is 1. The number of fused-ring (bicyclic) bond motifs is 5. The highest BCUT2D eigenvalue weighted by atomic mass is 16.1. The Morgan fingerprint density at radius 3 is 2.61 bits per heavy atom. The maximum absolute atomic E-state index is 12.5. The molecule has 3 saturated carbocycles. The van der Waals surface area contributed by atoms with Crippen LogP contribution < -0.4 is 0 Å². The van der Waals surface area contributed by atoms with E-state index in [4.69, 9.17) is 0 Å². The van der Waals surface area contributed by atoms with Crippen LogP contribution in [0, 0.1) is 28.6 Å². The zero-order valence-corrected chi connectivity index (χ0v) is 14.0. The summed E-state index contributed by atoms with van der Waals surface area (Å²) in [6.07, 6.45) is 7.41. The van der Waals surface area contributed by atoms with Crippen molar-refractivity contribution < 1.29 is 14.4 Å². The summed E-state index contributed by atoms with van der Waals surface area (Å²) in [5.41, 5.74) is 1.61. The van der Waals surface area contributed by atoms with Crippen molar-refractivity contribution in [1.29, 1.82) is 0 Å². The molecule has 3 heteroatoms. The molecule has 0 unspecified atom stereocenters. The Morgan fingerprint density at radius 2 is 1.87 bits per heavy atom. The molecule has 0 aromatic rings. The summed E-state index contributed by atoms with van der Waals surface area (Å²) in [5, 5.41) is 0. The molecular formula is C20H24O3. The average Bonchev–Trinajstić information content (AvgIpc) is 2.82. The van der Waals surface area contributed by atoms with Gasteiger partial charge >= 0.3 is 0 Å². The number of carbonyl (C=O) groups is 2. The van der Waals surface area contributed by atoms with E-state index in [1.165, 1.54) is 5.57 Å². The van der Waals surface area contributed by atoms with Gasteiger partial charge in [0.1, 0.15) is 11.7 Å². The van der Waals surface area contributed by atoms with Crippen LogP contribution in [-0.4, -0.2) is 17.5 Å². The fourth-order valence-corrected chi connectivity index (χ4v) is 6.34. The smallest absolute Gasteiger partial charge is 0.155 e. The molecule has 0 spiro atoms. The van der Waals surface area contributed by atoms with Gasteiger partial charge in [-0.3, -0.25) is 9.59 Å². The highest BCUT2D eigenvalue weighted by molar-refractivity contribution is 5.92. The van der Waals surface area contributed by atoms with Gasteiger partial charge in [0.05, 0.1) is 0 Å². The standard InChI is InChI=1S/C20H24O3/c1-19-8-7-14(22)9-13(19)3-4-15-16-5-6-17(23)20(16,2)10-12(11-21)18(15)19/h9,15-16,18H,3-8,10H2,1-2H3/t15-,16-,18-,19-,20-/m0/s1. The average molecular weight is 312 g/mol. The van der Waals surface area contributed by atoms with Crippen LogP contribution in [-0.2, 0) is 14.4 Å². The molecule has 0 heterocycles. The molecule has 0 radical (unpaired) electrons. The van der Waals surface area contributed by atoms with Gasteiger partial charge in [-0.1, -0.05) is 19.4 Å². The predicted octanol–water partition coefficient (Wildman–Crippen LogP) is 3.46. The maximum atomic E-state index is 12.5. The summed E-state index contributed by atoms with van der Waals surface area (Å²) < 4.78 is 0. The summed E-state index contributed by atoms with van der Waals surface area (Å²) in [5.74, 6) is 3.76. The minimum Gasteiger partial charge on any atom is -0.299 e. The fourth-order valence-electron chi connectivity index (χ4n) is 6.34. The Bertz CT molecular complexity index is 681. The van der Waals surface area contributed by atoms with Crippen molar-refractivity contribution in [1.82, 2.24) is 0 Å². The molecule has 3 nitrogen and oxygen atoms in total. The lowest BCUT2D eigenvalue weighted by molar-refractivity contribution is -0.129. The van der Waals surface area contributed by atoms with E-state index >= 15 is 0 Å². The van der Waals surface area contributed by atoms with Crippen molar-refractivity contribution in [3.8, 4) is 0 Å². The lowest BCUT2D eigenvalue weighted by atomic mass is 9.46. The molecule has 0 aromatic carbocycles. The zero-order chi connectivity index (χ0) is 16.4. The van der Waals surface area contributed by atoms with Gasteiger partial charge in [-0.15, -0.1) is 0 Å². The molecule has 0 N–H and O–H groups in total. The molecule has 5 atom stereocenters. The topological polar surface area (TPSA) is 51.2 Å². The van der Waals surface area contributed by atoms with Crippen LogP contribution >= 0.6 is 0 Å². The molecule has 23 heavy (non-hydrogen) atoms. The van der Waals surface area contributed by atoms with Gasteiger partial charge in [-0.25, -0.2) is 4.79 Å². The van der Waals surface area contributed by atoms with E-state index in [0.717, 1.165) is 31.3 Å². The number of carbonyl (C=O) groups excluding carboxylic acids is 3. The largest absolute Gasteiger partial charge is 0.299 e. The monoisotopic (exact) mass is 312 g/mol. The van der Waals surface area contributed by atoms with Crippen molar-refractivity contribution in [2.24, 2.45) is 28.6 Å². The summed E-state index contributed by atoms with van der Waals surface area (Å²) in [6.45, 7) is 4.30.